The third-order valence-electron chi connectivity index (χ3n) is 4.39. The first kappa shape index (κ1) is 15.0. The van der Waals surface area contributed by atoms with Crippen LogP contribution in [0.3, 0.4) is 0 Å². The first-order valence-corrected chi connectivity index (χ1v) is 8.34. The van der Waals surface area contributed by atoms with Crippen LogP contribution in [-0.2, 0) is 17.9 Å². The van der Waals surface area contributed by atoms with E-state index < -0.39 is 0 Å². The molecule has 7 nitrogen and oxygen atoms in total. The fourth-order valence-corrected chi connectivity index (χ4v) is 3.05. The van der Waals surface area contributed by atoms with Gasteiger partial charge in [0.25, 0.3) is 5.89 Å². The topological polar surface area (TPSA) is 78.9 Å². The molecule has 5 rings (SSSR count). The Labute approximate surface area is 149 Å². The number of aromatic nitrogens is 5. The molecule has 0 bridgehead atoms. The van der Waals surface area contributed by atoms with Gasteiger partial charge < -0.3 is 9.26 Å². The summed E-state index contributed by atoms with van der Waals surface area (Å²) in [4.78, 5) is 8.45. The van der Waals surface area contributed by atoms with Crippen LogP contribution >= 0.6 is 0 Å². The Hall–Kier alpha value is -3.32. The summed E-state index contributed by atoms with van der Waals surface area (Å²) in [6, 6.07) is 15.8. The second kappa shape index (κ2) is 6.20. The highest BCUT2D eigenvalue weighted by molar-refractivity contribution is 5.57. The van der Waals surface area contributed by atoms with E-state index in [-0.39, 0.29) is 6.10 Å². The van der Waals surface area contributed by atoms with Gasteiger partial charge in [0, 0.05) is 18.0 Å². The van der Waals surface area contributed by atoms with Gasteiger partial charge in [-0.25, -0.2) is 0 Å². The number of nitrogens with zero attached hydrogens (tertiary/aromatic N) is 5. The number of rotatable bonds is 3. The lowest BCUT2D eigenvalue weighted by Crippen LogP contribution is -2.21. The molecule has 0 fully saturated rings. The zero-order valence-electron chi connectivity index (χ0n) is 13.8. The lowest BCUT2D eigenvalue weighted by atomic mass is 10.1. The van der Waals surface area contributed by atoms with E-state index in [0.29, 0.717) is 30.6 Å². The van der Waals surface area contributed by atoms with E-state index in [1.165, 1.54) is 0 Å². The summed E-state index contributed by atoms with van der Waals surface area (Å²) >= 11 is 0. The zero-order chi connectivity index (χ0) is 17.3. The third kappa shape index (κ3) is 2.68. The Morgan fingerprint density at radius 1 is 1.04 bits per heavy atom. The average Bonchev–Trinajstić information content (AvgIpc) is 3.36. The Morgan fingerprint density at radius 2 is 1.88 bits per heavy atom. The van der Waals surface area contributed by atoms with Gasteiger partial charge in [-0.3, -0.25) is 9.67 Å². The highest BCUT2D eigenvalue weighted by Gasteiger charge is 2.24. The van der Waals surface area contributed by atoms with Crippen molar-refractivity contribution < 1.29 is 9.26 Å². The molecule has 1 aromatic carbocycles. The molecule has 4 heterocycles. The van der Waals surface area contributed by atoms with E-state index >= 15 is 0 Å². The fraction of sp³-hybridized carbons (Fsp3) is 0.158. The SMILES string of the molecule is c1ccc([C@@H]2Cn3nc(-c4nc(-c5ccncc5)no4)cc3CO2)cc1. The normalized spacial score (nSPS) is 16.4. The quantitative estimate of drug-likeness (QED) is 0.567. The Bertz CT molecular complexity index is 1030. The molecule has 0 aliphatic carbocycles. The second-order valence-electron chi connectivity index (χ2n) is 6.07. The average molecular weight is 345 g/mol. The highest BCUT2D eigenvalue weighted by Crippen LogP contribution is 2.29. The molecule has 1 atom stereocenters. The van der Waals surface area contributed by atoms with Crippen LogP contribution in [0, 0.1) is 0 Å². The molecule has 0 saturated carbocycles. The van der Waals surface area contributed by atoms with Crippen molar-refractivity contribution >= 4 is 0 Å². The molecular formula is C19H15N5O2. The van der Waals surface area contributed by atoms with E-state index in [1.54, 1.807) is 12.4 Å². The van der Waals surface area contributed by atoms with Gasteiger partial charge >= 0.3 is 0 Å². The van der Waals surface area contributed by atoms with Crippen LogP contribution in [-0.4, -0.2) is 24.9 Å². The lowest BCUT2D eigenvalue weighted by molar-refractivity contribution is -0.00113. The molecule has 0 N–H and O–H groups in total. The molecule has 3 aromatic heterocycles. The lowest BCUT2D eigenvalue weighted by Gasteiger charge is -2.24. The van der Waals surface area contributed by atoms with E-state index in [0.717, 1.165) is 16.8 Å². The standard InChI is InChI=1S/C19H15N5O2/c1-2-4-13(5-3-1)17-11-24-15(12-25-17)10-16(22-24)19-21-18(23-26-19)14-6-8-20-9-7-14/h1-10,17H,11-12H2/t17-/m0/s1. The largest absolute Gasteiger partial charge is 0.365 e. The van der Waals surface area contributed by atoms with Gasteiger partial charge in [-0.05, 0) is 23.8 Å². The van der Waals surface area contributed by atoms with E-state index in [4.69, 9.17) is 9.26 Å². The van der Waals surface area contributed by atoms with Gasteiger partial charge in [-0.1, -0.05) is 35.5 Å². The number of benzene rings is 1. The van der Waals surface area contributed by atoms with Gasteiger partial charge in [0.2, 0.25) is 5.82 Å². The molecule has 1 aliphatic rings. The molecule has 7 heteroatoms. The van der Waals surface area contributed by atoms with Crippen LogP contribution < -0.4 is 0 Å². The minimum Gasteiger partial charge on any atom is -0.365 e. The van der Waals surface area contributed by atoms with E-state index in [2.05, 4.69) is 32.4 Å². The molecular weight excluding hydrogens is 330 g/mol. The summed E-state index contributed by atoms with van der Waals surface area (Å²) in [7, 11) is 0. The van der Waals surface area contributed by atoms with Crippen molar-refractivity contribution in [1.29, 1.82) is 0 Å². The molecule has 4 aromatic rings. The van der Waals surface area contributed by atoms with Crippen molar-refractivity contribution in [3.8, 4) is 23.0 Å². The fourth-order valence-electron chi connectivity index (χ4n) is 3.05. The summed E-state index contributed by atoms with van der Waals surface area (Å²) in [6.45, 7) is 1.16. The first-order chi connectivity index (χ1) is 12.9. The van der Waals surface area contributed by atoms with Crippen LogP contribution in [0.25, 0.3) is 23.0 Å². The van der Waals surface area contributed by atoms with Crippen LogP contribution in [0.4, 0.5) is 0 Å². The van der Waals surface area contributed by atoms with Gasteiger partial charge in [0.1, 0.15) is 6.10 Å². The molecule has 0 unspecified atom stereocenters. The zero-order valence-corrected chi connectivity index (χ0v) is 13.8. The van der Waals surface area contributed by atoms with Crippen LogP contribution in [0.5, 0.6) is 0 Å². The molecule has 26 heavy (non-hydrogen) atoms. The van der Waals surface area contributed by atoms with Crippen LogP contribution in [0.1, 0.15) is 17.4 Å². The van der Waals surface area contributed by atoms with Crippen LogP contribution in [0.15, 0.2) is 65.4 Å². The van der Waals surface area contributed by atoms with Crippen molar-refractivity contribution in [2.75, 3.05) is 0 Å². The summed E-state index contributed by atoms with van der Waals surface area (Å²) in [5.41, 5.74) is 3.65. The third-order valence-corrected chi connectivity index (χ3v) is 4.39. The van der Waals surface area contributed by atoms with Crippen molar-refractivity contribution in [2.24, 2.45) is 0 Å². The summed E-state index contributed by atoms with van der Waals surface area (Å²) in [5.74, 6) is 0.918. The Morgan fingerprint density at radius 3 is 2.73 bits per heavy atom. The molecule has 0 radical (unpaired) electrons. The molecule has 1 aliphatic heterocycles. The van der Waals surface area contributed by atoms with E-state index in [1.807, 2.05) is 41.1 Å². The first-order valence-electron chi connectivity index (χ1n) is 8.34. The number of hydrogen-bond donors (Lipinski definition) is 0. The van der Waals surface area contributed by atoms with Crippen molar-refractivity contribution in [3.63, 3.8) is 0 Å². The molecule has 0 amide bonds. The molecule has 0 spiro atoms. The number of pyridine rings is 1. The van der Waals surface area contributed by atoms with Crippen molar-refractivity contribution in [3.05, 3.63) is 72.2 Å². The van der Waals surface area contributed by atoms with Gasteiger partial charge in [0.05, 0.1) is 18.8 Å². The van der Waals surface area contributed by atoms with Crippen molar-refractivity contribution in [2.45, 2.75) is 19.3 Å². The summed E-state index contributed by atoms with van der Waals surface area (Å²) in [6.07, 6.45) is 3.38. The summed E-state index contributed by atoms with van der Waals surface area (Å²) < 4.78 is 13.3. The van der Waals surface area contributed by atoms with Crippen molar-refractivity contribution in [1.82, 2.24) is 24.9 Å². The van der Waals surface area contributed by atoms with Gasteiger partial charge in [-0.15, -0.1) is 0 Å². The predicted octanol–water partition coefficient (Wildman–Crippen LogP) is 3.27. The number of hydrogen-bond acceptors (Lipinski definition) is 6. The maximum Gasteiger partial charge on any atom is 0.278 e. The van der Waals surface area contributed by atoms with Gasteiger partial charge in [0.15, 0.2) is 5.69 Å². The maximum atomic E-state index is 5.98. The molecule has 128 valence electrons. The predicted molar refractivity (Wildman–Crippen MR) is 92.7 cm³/mol. The number of ether oxygens (including phenoxy) is 1. The smallest absolute Gasteiger partial charge is 0.278 e. The van der Waals surface area contributed by atoms with Crippen LogP contribution in [0.2, 0.25) is 0 Å². The Kier molecular flexibility index (Phi) is 3.57. The Balaban J connectivity index is 1.42. The molecule has 0 saturated heterocycles. The number of fused-ring (bicyclic) bond motifs is 1. The van der Waals surface area contributed by atoms with E-state index in [9.17, 15) is 0 Å². The summed E-state index contributed by atoms with van der Waals surface area (Å²) in [5, 5.41) is 8.67. The maximum absolute atomic E-state index is 5.98. The minimum absolute atomic E-state index is 0.00786. The minimum atomic E-state index is -0.00786. The highest BCUT2D eigenvalue weighted by atomic mass is 16.5. The second-order valence-corrected chi connectivity index (χ2v) is 6.07. The monoisotopic (exact) mass is 345 g/mol. The van der Waals surface area contributed by atoms with Gasteiger partial charge in [-0.2, -0.15) is 10.1 Å².